The topological polar surface area (TPSA) is 79.0 Å². The van der Waals surface area contributed by atoms with Crippen molar-refractivity contribution < 1.29 is 8.42 Å². The summed E-state index contributed by atoms with van der Waals surface area (Å²) in [5, 5.41) is 0.462. The van der Waals surface area contributed by atoms with Crippen molar-refractivity contribution in [3.8, 4) is 0 Å². The van der Waals surface area contributed by atoms with Crippen LogP contribution < -0.4 is 10.2 Å². The highest BCUT2D eigenvalue weighted by molar-refractivity contribution is 7.94. The zero-order valence-corrected chi connectivity index (χ0v) is 16.8. The Bertz CT molecular complexity index is 1120. The van der Waals surface area contributed by atoms with Gasteiger partial charge in [-0.05, 0) is 42.2 Å². The molecule has 0 fully saturated rings. The predicted molar refractivity (Wildman–Crippen MR) is 108 cm³/mol. The first-order chi connectivity index (χ1) is 12.1. The molecular formula is C19H22N2O3S2. The molecule has 0 aliphatic heterocycles. The molecule has 0 aliphatic rings. The second kappa shape index (κ2) is 6.55. The van der Waals surface area contributed by atoms with Gasteiger partial charge in [-0.2, -0.15) is 0 Å². The number of nitrogens with one attached hydrogen (secondary N) is 2. The van der Waals surface area contributed by atoms with Gasteiger partial charge in [0.15, 0.2) is 5.43 Å². The van der Waals surface area contributed by atoms with Gasteiger partial charge in [0.1, 0.15) is 4.21 Å². The molecule has 0 bridgehead atoms. The van der Waals surface area contributed by atoms with E-state index in [9.17, 15) is 13.2 Å². The SMILES string of the molecule is CCc1cc(=O)c2cc(NS(=O)(=O)c3ccc(C(C)(C)C)s3)ccc2[nH]1. The summed E-state index contributed by atoms with van der Waals surface area (Å²) in [5.74, 6) is 0. The summed E-state index contributed by atoms with van der Waals surface area (Å²) in [4.78, 5) is 16.4. The van der Waals surface area contributed by atoms with Crippen LogP contribution in [0.3, 0.4) is 0 Å². The molecule has 0 atom stereocenters. The van der Waals surface area contributed by atoms with E-state index < -0.39 is 10.0 Å². The Labute approximate surface area is 157 Å². The van der Waals surface area contributed by atoms with Gasteiger partial charge in [-0.1, -0.05) is 27.7 Å². The van der Waals surface area contributed by atoms with Crippen molar-refractivity contribution in [2.45, 2.75) is 43.7 Å². The largest absolute Gasteiger partial charge is 0.358 e. The number of benzene rings is 1. The Kier molecular flexibility index (Phi) is 4.71. The van der Waals surface area contributed by atoms with Crippen molar-refractivity contribution in [1.82, 2.24) is 4.98 Å². The fraction of sp³-hybridized carbons (Fsp3) is 0.316. The van der Waals surface area contributed by atoms with Crippen molar-refractivity contribution in [2.24, 2.45) is 0 Å². The Balaban J connectivity index is 1.96. The number of aromatic nitrogens is 1. The van der Waals surface area contributed by atoms with Crippen LogP contribution in [0.15, 0.2) is 45.4 Å². The summed E-state index contributed by atoms with van der Waals surface area (Å²) in [7, 11) is -3.69. The van der Waals surface area contributed by atoms with Crippen molar-refractivity contribution in [2.75, 3.05) is 4.72 Å². The van der Waals surface area contributed by atoms with E-state index >= 15 is 0 Å². The summed E-state index contributed by atoms with van der Waals surface area (Å²) in [6.07, 6.45) is 0.730. The molecule has 3 aromatic rings. The number of anilines is 1. The summed E-state index contributed by atoms with van der Waals surface area (Å²) in [6.45, 7) is 8.10. The Hall–Kier alpha value is -2.12. The van der Waals surface area contributed by atoms with Crippen LogP contribution in [0.4, 0.5) is 5.69 Å². The molecule has 3 rings (SSSR count). The number of hydrogen-bond donors (Lipinski definition) is 2. The van der Waals surface area contributed by atoms with Gasteiger partial charge in [-0.25, -0.2) is 8.42 Å². The third-order valence-corrected chi connectivity index (χ3v) is 7.49. The first-order valence-electron chi connectivity index (χ1n) is 8.39. The minimum Gasteiger partial charge on any atom is -0.358 e. The van der Waals surface area contributed by atoms with Crippen molar-refractivity contribution >= 4 is 38.0 Å². The van der Waals surface area contributed by atoms with Crippen LogP contribution in [0.2, 0.25) is 0 Å². The van der Waals surface area contributed by atoms with Gasteiger partial charge in [0.2, 0.25) is 0 Å². The lowest BCUT2D eigenvalue weighted by atomic mass is 9.95. The van der Waals surface area contributed by atoms with Gasteiger partial charge in [-0.3, -0.25) is 9.52 Å². The first kappa shape index (κ1) is 18.7. The number of sulfonamides is 1. The fourth-order valence-electron chi connectivity index (χ4n) is 2.63. The molecule has 0 aliphatic carbocycles. The maximum atomic E-state index is 12.7. The lowest BCUT2D eigenvalue weighted by Gasteiger charge is -2.15. The molecule has 1 aromatic carbocycles. The molecule has 2 heterocycles. The van der Waals surface area contributed by atoms with Crippen molar-refractivity contribution in [1.29, 1.82) is 0 Å². The minimum atomic E-state index is -3.69. The molecule has 138 valence electrons. The summed E-state index contributed by atoms with van der Waals surface area (Å²) >= 11 is 1.26. The number of rotatable bonds is 4. The van der Waals surface area contributed by atoms with Gasteiger partial charge in [0.05, 0.1) is 0 Å². The van der Waals surface area contributed by atoms with Crippen LogP contribution in [-0.4, -0.2) is 13.4 Å². The van der Waals surface area contributed by atoms with Crippen LogP contribution in [0.5, 0.6) is 0 Å². The number of hydrogen-bond acceptors (Lipinski definition) is 4. The highest BCUT2D eigenvalue weighted by Crippen LogP contribution is 2.32. The molecule has 0 saturated heterocycles. The van der Waals surface area contributed by atoms with E-state index in [2.05, 4.69) is 9.71 Å². The molecule has 0 spiro atoms. The van der Waals surface area contributed by atoms with E-state index in [4.69, 9.17) is 0 Å². The molecule has 0 amide bonds. The predicted octanol–water partition coefficient (Wildman–Crippen LogP) is 4.25. The molecule has 0 unspecified atom stereocenters. The normalized spacial score (nSPS) is 12.5. The van der Waals surface area contributed by atoms with E-state index in [1.807, 2.05) is 33.8 Å². The van der Waals surface area contributed by atoms with E-state index in [1.54, 1.807) is 30.3 Å². The number of aryl methyl sites for hydroxylation is 1. The smallest absolute Gasteiger partial charge is 0.271 e. The third-order valence-electron chi connectivity index (χ3n) is 4.10. The van der Waals surface area contributed by atoms with Crippen LogP contribution in [-0.2, 0) is 21.9 Å². The van der Waals surface area contributed by atoms with E-state index in [1.165, 1.54) is 11.3 Å². The van der Waals surface area contributed by atoms with Gasteiger partial charge in [0.25, 0.3) is 10.0 Å². The fourth-order valence-corrected chi connectivity index (χ4v) is 5.04. The van der Waals surface area contributed by atoms with Crippen LogP contribution in [0.25, 0.3) is 10.9 Å². The third kappa shape index (κ3) is 3.68. The highest BCUT2D eigenvalue weighted by atomic mass is 32.2. The molecule has 2 aromatic heterocycles. The summed E-state index contributed by atoms with van der Waals surface area (Å²) in [5.41, 5.74) is 1.69. The van der Waals surface area contributed by atoms with Gasteiger partial charge in [0, 0.05) is 33.2 Å². The van der Waals surface area contributed by atoms with Gasteiger partial charge < -0.3 is 4.98 Å². The van der Waals surface area contributed by atoms with E-state index in [0.717, 1.165) is 17.0 Å². The number of thiophene rings is 1. The Morgan fingerprint density at radius 3 is 2.46 bits per heavy atom. The lowest BCUT2D eigenvalue weighted by molar-refractivity contribution is 0.603. The standard InChI is InChI=1S/C19H22N2O3S2/c1-5-12-11-16(22)14-10-13(6-7-15(14)20-12)21-26(23,24)18-9-8-17(25-18)19(2,3)4/h6-11,21H,5H2,1-4H3,(H,20,22). The number of aromatic amines is 1. The number of fused-ring (bicyclic) bond motifs is 1. The molecule has 0 saturated carbocycles. The second-order valence-electron chi connectivity index (χ2n) is 7.25. The van der Waals surface area contributed by atoms with Gasteiger partial charge >= 0.3 is 0 Å². The summed E-state index contributed by atoms with van der Waals surface area (Å²) in [6, 6.07) is 9.97. The van der Waals surface area contributed by atoms with Crippen molar-refractivity contribution in [3.63, 3.8) is 0 Å². The highest BCUT2D eigenvalue weighted by Gasteiger charge is 2.22. The molecule has 7 heteroatoms. The van der Waals surface area contributed by atoms with Crippen molar-refractivity contribution in [3.05, 3.63) is 57.2 Å². The quantitative estimate of drug-likeness (QED) is 0.699. The van der Waals surface area contributed by atoms with Crippen LogP contribution in [0, 0.1) is 0 Å². The zero-order chi connectivity index (χ0) is 19.1. The number of pyridine rings is 1. The van der Waals surface area contributed by atoms with E-state index in [-0.39, 0.29) is 15.1 Å². The second-order valence-corrected chi connectivity index (χ2v) is 10.2. The monoisotopic (exact) mass is 390 g/mol. The van der Waals surface area contributed by atoms with Crippen LogP contribution >= 0.6 is 11.3 Å². The Morgan fingerprint density at radius 2 is 1.85 bits per heavy atom. The van der Waals surface area contributed by atoms with E-state index in [0.29, 0.717) is 16.6 Å². The Morgan fingerprint density at radius 1 is 1.12 bits per heavy atom. The molecule has 2 N–H and O–H groups in total. The minimum absolute atomic E-state index is 0.105. The lowest BCUT2D eigenvalue weighted by Crippen LogP contribution is -2.12. The average Bonchev–Trinajstić information content (AvgIpc) is 3.06. The summed E-state index contributed by atoms with van der Waals surface area (Å²) < 4.78 is 28.2. The number of H-pyrrole nitrogens is 1. The zero-order valence-electron chi connectivity index (χ0n) is 15.2. The molecule has 26 heavy (non-hydrogen) atoms. The molecule has 0 radical (unpaired) electrons. The maximum Gasteiger partial charge on any atom is 0.271 e. The van der Waals surface area contributed by atoms with Crippen LogP contribution in [0.1, 0.15) is 38.3 Å². The molecular weight excluding hydrogens is 368 g/mol. The average molecular weight is 391 g/mol. The maximum absolute atomic E-state index is 12.7. The molecule has 5 nitrogen and oxygen atoms in total. The van der Waals surface area contributed by atoms with Gasteiger partial charge in [-0.15, -0.1) is 11.3 Å². The first-order valence-corrected chi connectivity index (χ1v) is 10.7.